The first-order valence-corrected chi connectivity index (χ1v) is 6.25. The van der Waals surface area contributed by atoms with Gasteiger partial charge in [-0.25, -0.2) is 0 Å². The lowest BCUT2D eigenvalue weighted by atomic mass is 9.95. The van der Waals surface area contributed by atoms with E-state index in [1.165, 1.54) is 0 Å². The molecule has 3 N–H and O–H groups in total. The topological polar surface area (TPSA) is 58.7 Å². The number of hydrogen-bond donors (Lipinski definition) is 2. The van der Waals surface area contributed by atoms with Crippen molar-refractivity contribution in [1.82, 2.24) is 4.90 Å². The Morgan fingerprint density at radius 3 is 2.62 bits per heavy atom. The van der Waals surface area contributed by atoms with Gasteiger partial charge in [0.15, 0.2) is 0 Å². The molecule has 0 aromatic heterocycles. The third-order valence-corrected chi connectivity index (χ3v) is 3.34. The minimum absolute atomic E-state index is 0.0330. The second kappa shape index (κ2) is 6.55. The Morgan fingerprint density at radius 2 is 2.12 bits per heavy atom. The van der Waals surface area contributed by atoms with Crippen molar-refractivity contribution in [3.63, 3.8) is 0 Å². The van der Waals surface area contributed by atoms with E-state index in [0.29, 0.717) is 11.8 Å². The molecule has 0 aromatic carbocycles. The van der Waals surface area contributed by atoms with Gasteiger partial charge in [-0.05, 0) is 25.3 Å². The SMILES string of the molecule is CC1CN(CC(CN)C(C)C)CC(CO)O1. The lowest BCUT2D eigenvalue weighted by Gasteiger charge is -2.38. The van der Waals surface area contributed by atoms with Gasteiger partial charge in [0.05, 0.1) is 18.8 Å². The highest BCUT2D eigenvalue weighted by Crippen LogP contribution is 2.16. The maximum Gasteiger partial charge on any atom is 0.0936 e. The average molecular weight is 230 g/mol. The van der Waals surface area contributed by atoms with Crippen LogP contribution in [0, 0.1) is 11.8 Å². The van der Waals surface area contributed by atoms with Gasteiger partial charge in [0.25, 0.3) is 0 Å². The minimum Gasteiger partial charge on any atom is -0.394 e. The maximum atomic E-state index is 9.15. The van der Waals surface area contributed by atoms with E-state index in [9.17, 15) is 0 Å². The molecule has 3 atom stereocenters. The van der Waals surface area contributed by atoms with Gasteiger partial charge in [-0.2, -0.15) is 0 Å². The number of aliphatic hydroxyl groups is 1. The summed E-state index contributed by atoms with van der Waals surface area (Å²) >= 11 is 0. The van der Waals surface area contributed by atoms with Gasteiger partial charge in [0.2, 0.25) is 0 Å². The van der Waals surface area contributed by atoms with Crippen LogP contribution in [0.2, 0.25) is 0 Å². The Kier molecular flexibility index (Phi) is 5.69. The van der Waals surface area contributed by atoms with Crippen LogP contribution in [-0.4, -0.2) is 55.0 Å². The molecule has 0 bridgehead atoms. The van der Waals surface area contributed by atoms with E-state index in [1.807, 2.05) is 0 Å². The largest absolute Gasteiger partial charge is 0.394 e. The van der Waals surface area contributed by atoms with E-state index in [0.717, 1.165) is 26.2 Å². The Labute approximate surface area is 98.8 Å². The molecule has 4 heteroatoms. The average Bonchev–Trinajstić information content (AvgIpc) is 2.24. The molecule has 3 unspecified atom stereocenters. The normalized spacial score (nSPS) is 29.6. The molecule has 1 rings (SSSR count). The van der Waals surface area contributed by atoms with E-state index in [4.69, 9.17) is 15.6 Å². The molecule has 0 spiro atoms. The van der Waals surface area contributed by atoms with E-state index >= 15 is 0 Å². The fraction of sp³-hybridized carbons (Fsp3) is 1.00. The Morgan fingerprint density at radius 1 is 1.44 bits per heavy atom. The number of nitrogens with two attached hydrogens (primary N) is 1. The van der Waals surface area contributed by atoms with Crippen LogP contribution in [0.5, 0.6) is 0 Å². The van der Waals surface area contributed by atoms with E-state index in [2.05, 4.69) is 25.7 Å². The number of nitrogens with zero attached hydrogens (tertiary/aromatic N) is 1. The first-order chi connectivity index (χ1) is 7.56. The Balaban J connectivity index is 2.46. The molecular formula is C12H26N2O2. The van der Waals surface area contributed by atoms with Crippen molar-refractivity contribution in [2.24, 2.45) is 17.6 Å². The molecule has 96 valence electrons. The highest BCUT2D eigenvalue weighted by atomic mass is 16.5. The molecule has 1 fully saturated rings. The molecule has 1 aliphatic heterocycles. The van der Waals surface area contributed by atoms with Crippen LogP contribution in [0.1, 0.15) is 20.8 Å². The lowest BCUT2D eigenvalue weighted by Crippen LogP contribution is -2.50. The summed E-state index contributed by atoms with van der Waals surface area (Å²) in [4.78, 5) is 2.37. The predicted molar refractivity (Wildman–Crippen MR) is 65.2 cm³/mol. The van der Waals surface area contributed by atoms with Crippen molar-refractivity contribution in [2.45, 2.75) is 33.0 Å². The zero-order chi connectivity index (χ0) is 12.1. The van der Waals surface area contributed by atoms with Crippen LogP contribution in [-0.2, 0) is 4.74 Å². The summed E-state index contributed by atoms with van der Waals surface area (Å²) in [5, 5.41) is 9.15. The number of aliphatic hydroxyl groups excluding tert-OH is 1. The van der Waals surface area contributed by atoms with Crippen molar-refractivity contribution in [3.05, 3.63) is 0 Å². The summed E-state index contributed by atoms with van der Waals surface area (Å²) < 4.78 is 5.62. The summed E-state index contributed by atoms with van der Waals surface area (Å²) in [6, 6.07) is 0. The highest BCUT2D eigenvalue weighted by molar-refractivity contribution is 4.78. The van der Waals surface area contributed by atoms with Crippen LogP contribution in [0.15, 0.2) is 0 Å². The number of rotatable bonds is 5. The van der Waals surface area contributed by atoms with Gasteiger partial charge >= 0.3 is 0 Å². The maximum absolute atomic E-state index is 9.15. The van der Waals surface area contributed by atoms with E-state index in [1.54, 1.807) is 0 Å². The smallest absolute Gasteiger partial charge is 0.0936 e. The molecule has 0 aliphatic carbocycles. The number of morpholine rings is 1. The van der Waals surface area contributed by atoms with Gasteiger partial charge in [-0.15, -0.1) is 0 Å². The summed E-state index contributed by atoms with van der Waals surface area (Å²) in [6.07, 6.45) is 0.172. The zero-order valence-electron chi connectivity index (χ0n) is 10.7. The second-order valence-corrected chi connectivity index (χ2v) is 5.21. The van der Waals surface area contributed by atoms with Crippen molar-refractivity contribution >= 4 is 0 Å². The van der Waals surface area contributed by atoms with Crippen molar-refractivity contribution in [2.75, 3.05) is 32.8 Å². The first-order valence-electron chi connectivity index (χ1n) is 6.25. The fourth-order valence-corrected chi connectivity index (χ4v) is 2.28. The van der Waals surface area contributed by atoms with E-state index in [-0.39, 0.29) is 18.8 Å². The number of ether oxygens (including phenoxy) is 1. The zero-order valence-corrected chi connectivity index (χ0v) is 10.7. The Hall–Kier alpha value is -0.160. The van der Waals surface area contributed by atoms with Gasteiger partial charge in [0.1, 0.15) is 0 Å². The molecule has 0 amide bonds. The number of hydrogen-bond acceptors (Lipinski definition) is 4. The molecule has 16 heavy (non-hydrogen) atoms. The molecule has 0 radical (unpaired) electrons. The van der Waals surface area contributed by atoms with Crippen LogP contribution in [0.4, 0.5) is 0 Å². The van der Waals surface area contributed by atoms with Gasteiger partial charge in [0, 0.05) is 19.6 Å². The van der Waals surface area contributed by atoms with Gasteiger partial charge in [-0.3, -0.25) is 4.90 Å². The molecule has 0 saturated carbocycles. The summed E-state index contributed by atoms with van der Waals surface area (Å²) in [5.41, 5.74) is 5.79. The third-order valence-electron chi connectivity index (χ3n) is 3.34. The highest BCUT2D eigenvalue weighted by Gasteiger charge is 2.26. The van der Waals surface area contributed by atoms with Crippen LogP contribution in [0.25, 0.3) is 0 Å². The fourth-order valence-electron chi connectivity index (χ4n) is 2.28. The molecule has 0 aromatic rings. The first kappa shape index (κ1) is 13.9. The molecule has 1 aliphatic rings. The van der Waals surface area contributed by atoms with Crippen LogP contribution >= 0.6 is 0 Å². The van der Waals surface area contributed by atoms with Crippen LogP contribution in [0.3, 0.4) is 0 Å². The summed E-state index contributed by atoms with van der Waals surface area (Å²) in [5.74, 6) is 1.14. The summed E-state index contributed by atoms with van der Waals surface area (Å²) in [6.45, 7) is 10.1. The molecular weight excluding hydrogens is 204 g/mol. The van der Waals surface area contributed by atoms with Crippen molar-refractivity contribution in [3.8, 4) is 0 Å². The second-order valence-electron chi connectivity index (χ2n) is 5.21. The van der Waals surface area contributed by atoms with Crippen molar-refractivity contribution < 1.29 is 9.84 Å². The Bertz CT molecular complexity index is 199. The third kappa shape index (κ3) is 4.01. The predicted octanol–water partition coefficient (Wildman–Crippen LogP) is 0.299. The molecule has 1 heterocycles. The van der Waals surface area contributed by atoms with E-state index < -0.39 is 0 Å². The molecule has 4 nitrogen and oxygen atoms in total. The summed E-state index contributed by atoms with van der Waals surface area (Å²) in [7, 11) is 0. The minimum atomic E-state index is -0.0330. The van der Waals surface area contributed by atoms with Gasteiger partial charge in [-0.1, -0.05) is 13.8 Å². The van der Waals surface area contributed by atoms with Gasteiger partial charge < -0.3 is 15.6 Å². The standard InChI is InChI=1S/C12H26N2O2/c1-9(2)11(4-13)6-14-5-10(3)16-12(7-14)8-15/h9-12,15H,4-8,13H2,1-3H3. The van der Waals surface area contributed by atoms with Crippen LogP contribution < -0.4 is 5.73 Å². The lowest BCUT2D eigenvalue weighted by molar-refractivity contribution is -0.0986. The van der Waals surface area contributed by atoms with Crippen molar-refractivity contribution in [1.29, 1.82) is 0 Å². The quantitative estimate of drug-likeness (QED) is 0.713. The molecule has 1 saturated heterocycles. The monoisotopic (exact) mass is 230 g/mol.